The molecule has 0 saturated heterocycles. The van der Waals surface area contributed by atoms with Crippen molar-refractivity contribution < 1.29 is 14.1 Å². The summed E-state index contributed by atoms with van der Waals surface area (Å²) < 4.78 is 14.0. The minimum Gasteiger partial charge on any atom is -0.478 e. The first-order valence-electron chi connectivity index (χ1n) is 5.80. The summed E-state index contributed by atoms with van der Waals surface area (Å²) in [6.45, 7) is 1.76. The van der Waals surface area contributed by atoms with Crippen molar-refractivity contribution in [2.75, 3.05) is 0 Å². The van der Waals surface area contributed by atoms with E-state index in [1.165, 1.54) is 6.07 Å². The Balaban J connectivity index is 2.36. The zero-order valence-corrected chi connectivity index (χ0v) is 12.5. The number of carbonyl (C=O) groups is 1. The fraction of sp³-hybridized carbons (Fsp3) is 0.231. The van der Waals surface area contributed by atoms with Crippen molar-refractivity contribution in [1.82, 2.24) is 9.78 Å². The summed E-state index contributed by atoms with van der Waals surface area (Å²) >= 11 is 6.11. The molecule has 5 nitrogen and oxygen atoms in total. The summed E-state index contributed by atoms with van der Waals surface area (Å²) in [6.07, 6.45) is 0. The molecule has 1 atom stereocenters. The predicted molar refractivity (Wildman–Crippen MR) is 76.5 cm³/mol. The number of aromatic carboxylic acids is 1. The third-order valence-corrected chi connectivity index (χ3v) is 4.77. The number of hydrogen-bond acceptors (Lipinski definition) is 3. The van der Waals surface area contributed by atoms with E-state index in [-0.39, 0.29) is 16.2 Å². The van der Waals surface area contributed by atoms with Gasteiger partial charge in [-0.15, -0.1) is 0 Å². The van der Waals surface area contributed by atoms with Gasteiger partial charge in [-0.3, -0.25) is 8.89 Å². The van der Waals surface area contributed by atoms with E-state index in [0.717, 1.165) is 0 Å². The van der Waals surface area contributed by atoms with Crippen LogP contribution in [0.3, 0.4) is 0 Å². The van der Waals surface area contributed by atoms with Crippen LogP contribution < -0.4 is 0 Å². The van der Waals surface area contributed by atoms with E-state index >= 15 is 0 Å². The van der Waals surface area contributed by atoms with Crippen molar-refractivity contribution in [3.63, 3.8) is 0 Å². The van der Waals surface area contributed by atoms with Crippen molar-refractivity contribution in [1.29, 1.82) is 0 Å². The fourth-order valence-electron chi connectivity index (χ4n) is 1.88. The van der Waals surface area contributed by atoms with Crippen molar-refractivity contribution in [2.24, 2.45) is 7.05 Å². The number of halogens is 1. The molecule has 0 bridgehead atoms. The van der Waals surface area contributed by atoms with Crippen LogP contribution in [-0.2, 0) is 23.6 Å². The Kier molecular flexibility index (Phi) is 4.25. The van der Waals surface area contributed by atoms with Gasteiger partial charge >= 0.3 is 5.97 Å². The van der Waals surface area contributed by atoms with Crippen molar-refractivity contribution in [2.45, 2.75) is 17.6 Å². The zero-order valence-electron chi connectivity index (χ0n) is 11.0. The maximum absolute atomic E-state index is 12.4. The van der Waals surface area contributed by atoms with E-state index in [2.05, 4.69) is 5.10 Å². The number of aryl methyl sites for hydroxylation is 2. The number of hydrogen-bond donors (Lipinski definition) is 1. The first-order valence-corrected chi connectivity index (χ1v) is 7.50. The summed E-state index contributed by atoms with van der Waals surface area (Å²) in [6, 6.07) is 6.25. The molecule has 20 heavy (non-hydrogen) atoms. The summed E-state index contributed by atoms with van der Waals surface area (Å²) in [4.78, 5) is 11.4. The van der Waals surface area contributed by atoms with E-state index in [0.29, 0.717) is 16.4 Å². The van der Waals surface area contributed by atoms with Crippen LogP contribution in [0.2, 0.25) is 5.02 Å². The molecule has 1 aromatic heterocycles. The number of carboxylic acid groups (broad SMARTS) is 1. The zero-order chi connectivity index (χ0) is 14.9. The smallest absolute Gasteiger partial charge is 0.336 e. The molecule has 0 saturated carbocycles. The van der Waals surface area contributed by atoms with Crippen molar-refractivity contribution in [3.05, 3.63) is 46.2 Å². The highest BCUT2D eigenvalue weighted by molar-refractivity contribution is 7.84. The molecule has 7 heteroatoms. The number of carboxylic acids is 1. The van der Waals surface area contributed by atoms with Gasteiger partial charge in [0.1, 0.15) is 0 Å². The molecule has 0 aliphatic heterocycles. The van der Waals surface area contributed by atoms with Crippen LogP contribution in [0.4, 0.5) is 0 Å². The molecular formula is C13H13ClN2O3S. The van der Waals surface area contributed by atoms with Crippen molar-refractivity contribution >= 4 is 28.4 Å². The van der Waals surface area contributed by atoms with E-state index in [1.807, 2.05) is 0 Å². The Hall–Kier alpha value is -1.66. The molecule has 0 aliphatic carbocycles. The van der Waals surface area contributed by atoms with Gasteiger partial charge in [0.15, 0.2) is 0 Å². The lowest BCUT2D eigenvalue weighted by Crippen LogP contribution is -2.08. The van der Waals surface area contributed by atoms with Crippen LogP contribution in [0.25, 0.3) is 0 Å². The molecule has 1 unspecified atom stereocenters. The molecule has 0 radical (unpaired) electrons. The molecule has 2 aromatic rings. The van der Waals surface area contributed by atoms with Gasteiger partial charge in [0.05, 0.1) is 43.4 Å². The number of aromatic nitrogens is 2. The van der Waals surface area contributed by atoms with E-state index in [4.69, 9.17) is 16.7 Å². The van der Waals surface area contributed by atoms with Crippen LogP contribution in [0.15, 0.2) is 29.2 Å². The molecule has 0 spiro atoms. The van der Waals surface area contributed by atoms with Crippen LogP contribution in [-0.4, -0.2) is 25.1 Å². The lowest BCUT2D eigenvalue weighted by atomic mass is 10.2. The lowest BCUT2D eigenvalue weighted by molar-refractivity contribution is 0.0693. The van der Waals surface area contributed by atoms with Gasteiger partial charge < -0.3 is 5.11 Å². The molecule has 106 valence electrons. The average molecular weight is 313 g/mol. The van der Waals surface area contributed by atoms with E-state index in [9.17, 15) is 9.00 Å². The van der Waals surface area contributed by atoms with Crippen LogP contribution in [0.5, 0.6) is 0 Å². The van der Waals surface area contributed by atoms with Crippen LogP contribution >= 0.6 is 11.6 Å². The van der Waals surface area contributed by atoms with Gasteiger partial charge in [-0.1, -0.05) is 23.7 Å². The predicted octanol–water partition coefficient (Wildman–Crippen LogP) is 2.39. The van der Waals surface area contributed by atoms with Gasteiger partial charge in [-0.05, 0) is 19.1 Å². The van der Waals surface area contributed by atoms with Crippen LogP contribution in [0, 0.1) is 6.92 Å². The second-order valence-electron chi connectivity index (χ2n) is 4.26. The summed E-state index contributed by atoms with van der Waals surface area (Å²) in [5.74, 6) is -0.971. The fourth-order valence-corrected chi connectivity index (χ4v) is 3.55. The number of rotatable bonds is 4. The topological polar surface area (TPSA) is 72.2 Å². The second kappa shape index (κ2) is 5.76. The van der Waals surface area contributed by atoms with E-state index < -0.39 is 16.8 Å². The number of benzene rings is 1. The summed E-state index contributed by atoms with van der Waals surface area (Å²) in [7, 11) is 0.217. The maximum Gasteiger partial charge on any atom is 0.336 e. The minimum absolute atomic E-state index is 0.0425. The molecule has 1 N–H and O–H groups in total. The summed E-state index contributed by atoms with van der Waals surface area (Å²) in [5.41, 5.74) is 1.33. The minimum atomic E-state index is -1.50. The quantitative estimate of drug-likeness (QED) is 0.941. The summed E-state index contributed by atoms with van der Waals surface area (Å²) in [5, 5.41) is 13.7. The highest BCUT2D eigenvalue weighted by Gasteiger charge is 2.19. The van der Waals surface area contributed by atoms with Crippen LogP contribution in [0.1, 0.15) is 21.7 Å². The van der Waals surface area contributed by atoms with Gasteiger partial charge in [0.25, 0.3) is 0 Å². The Morgan fingerprint density at radius 1 is 1.45 bits per heavy atom. The second-order valence-corrected chi connectivity index (χ2v) is 6.06. The first kappa shape index (κ1) is 14.7. The Bertz CT molecular complexity index is 697. The van der Waals surface area contributed by atoms with Gasteiger partial charge in [-0.25, -0.2) is 4.79 Å². The molecule has 0 amide bonds. The lowest BCUT2D eigenvalue weighted by Gasteiger charge is -2.06. The average Bonchev–Trinajstić information content (AvgIpc) is 2.65. The molecule has 0 aliphatic rings. The Labute approximate surface area is 123 Å². The van der Waals surface area contributed by atoms with E-state index in [1.54, 1.807) is 36.9 Å². The van der Waals surface area contributed by atoms with Gasteiger partial charge in [0.2, 0.25) is 0 Å². The van der Waals surface area contributed by atoms with Crippen molar-refractivity contribution in [3.8, 4) is 0 Å². The SMILES string of the molecule is Cc1nn(C)c(CS(=O)c2ccccc2C(=O)O)c1Cl. The Morgan fingerprint density at radius 2 is 2.10 bits per heavy atom. The third-order valence-electron chi connectivity index (χ3n) is 2.89. The van der Waals surface area contributed by atoms with Gasteiger partial charge in [-0.2, -0.15) is 5.10 Å². The largest absolute Gasteiger partial charge is 0.478 e. The first-order chi connectivity index (χ1) is 9.41. The highest BCUT2D eigenvalue weighted by atomic mass is 35.5. The molecule has 2 rings (SSSR count). The number of nitrogens with zero attached hydrogens (tertiary/aromatic N) is 2. The normalized spacial score (nSPS) is 12.3. The third kappa shape index (κ3) is 2.76. The molecule has 0 fully saturated rings. The molecule has 1 heterocycles. The standard InChI is InChI=1S/C13H13ClN2O3S/c1-8-12(14)10(16(2)15-8)7-20(19)11-6-4-3-5-9(11)13(17)18/h3-6H,7H2,1-2H3,(H,17,18). The Morgan fingerprint density at radius 3 is 2.65 bits per heavy atom. The molecule has 1 aromatic carbocycles. The monoisotopic (exact) mass is 312 g/mol. The molecular weight excluding hydrogens is 300 g/mol. The van der Waals surface area contributed by atoms with Gasteiger partial charge in [0, 0.05) is 7.05 Å². The maximum atomic E-state index is 12.4. The highest BCUT2D eigenvalue weighted by Crippen LogP contribution is 2.24.